The smallest absolute Gasteiger partial charge is 0.171 e. The largest absolute Gasteiger partial charge is 0.309 e. The van der Waals surface area contributed by atoms with Crippen LogP contribution in [-0.2, 0) is 0 Å². The number of aryl methyl sites for hydroxylation is 1. The Balaban J connectivity index is 2.11. The molecular weight excluding hydrogens is 293 g/mol. The summed E-state index contributed by atoms with van der Waals surface area (Å²) in [5.74, 6) is 0.421. The van der Waals surface area contributed by atoms with E-state index in [-0.39, 0.29) is 11.9 Å². The number of halogens is 1. The second-order valence-electron chi connectivity index (χ2n) is 5.95. The van der Waals surface area contributed by atoms with Crippen molar-refractivity contribution in [1.29, 1.82) is 0 Å². The maximum absolute atomic E-state index is 14.1. The van der Waals surface area contributed by atoms with Crippen molar-refractivity contribution in [2.45, 2.75) is 19.4 Å². The Kier molecular flexibility index (Phi) is 4.34. The molecule has 3 rings (SSSR count). The first-order chi connectivity index (χ1) is 11.1. The normalized spacial score (nSPS) is 12.9. The monoisotopic (exact) mass is 313 g/mol. The van der Waals surface area contributed by atoms with Crippen LogP contribution in [0.2, 0.25) is 0 Å². The van der Waals surface area contributed by atoms with Gasteiger partial charge in [-0.05, 0) is 56.2 Å². The number of nitrogens with zero attached hydrogens (tertiary/aromatic N) is 5. The van der Waals surface area contributed by atoms with Gasteiger partial charge >= 0.3 is 0 Å². The third kappa shape index (κ3) is 3.22. The fourth-order valence-electron chi connectivity index (χ4n) is 2.78. The minimum Gasteiger partial charge on any atom is -0.309 e. The summed E-state index contributed by atoms with van der Waals surface area (Å²) in [6.07, 6.45) is 0.818. The van der Waals surface area contributed by atoms with E-state index in [0.29, 0.717) is 11.2 Å². The van der Waals surface area contributed by atoms with E-state index in [0.717, 1.165) is 23.9 Å². The summed E-state index contributed by atoms with van der Waals surface area (Å²) in [4.78, 5) is 3.75. The fourth-order valence-corrected chi connectivity index (χ4v) is 2.78. The molecule has 0 saturated carbocycles. The summed E-state index contributed by atoms with van der Waals surface area (Å²) in [6, 6.07) is 10.8. The van der Waals surface area contributed by atoms with Gasteiger partial charge in [0.1, 0.15) is 11.9 Å². The molecular formula is C17H20FN5. The highest BCUT2D eigenvalue weighted by atomic mass is 19.1. The highest BCUT2D eigenvalue weighted by Crippen LogP contribution is 2.30. The van der Waals surface area contributed by atoms with Crippen LogP contribution >= 0.6 is 0 Å². The van der Waals surface area contributed by atoms with E-state index in [4.69, 9.17) is 0 Å². The molecule has 0 fully saturated rings. The average Bonchev–Trinajstić information content (AvgIpc) is 2.96. The van der Waals surface area contributed by atoms with Gasteiger partial charge < -0.3 is 4.90 Å². The molecule has 0 saturated heterocycles. The van der Waals surface area contributed by atoms with Gasteiger partial charge in [-0.2, -0.15) is 4.80 Å². The summed E-state index contributed by atoms with van der Waals surface area (Å²) >= 11 is 0. The van der Waals surface area contributed by atoms with Gasteiger partial charge in [0.15, 0.2) is 5.82 Å². The quantitative estimate of drug-likeness (QED) is 0.727. The van der Waals surface area contributed by atoms with Gasteiger partial charge in [-0.3, -0.25) is 0 Å². The highest BCUT2D eigenvalue weighted by Gasteiger charge is 2.20. The van der Waals surface area contributed by atoms with Crippen LogP contribution in [0.4, 0.5) is 4.39 Å². The molecule has 1 aromatic heterocycles. The van der Waals surface area contributed by atoms with Gasteiger partial charge in [0.2, 0.25) is 0 Å². The fraction of sp³-hybridized carbons (Fsp3) is 0.353. The van der Waals surface area contributed by atoms with Crippen LogP contribution < -0.4 is 0 Å². The minimum atomic E-state index is -0.210. The van der Waals surface area contributed by atoms with Crippen molar-refractivity contribution in [2.75, 3.05) is 20.6 Å². The van der Waals surface area contributed by atoms with Crippen LogP contribution in [0.25, 0.3) is 10.8 Å². The molecule has 0 radical (unpaired) electrons. The molecule has 0 spiro atoms. The lowest BCUT2D eigenvalue weighted by molar-refractivity contribution is 0.340. The first-order valence-corrected chi connectivity index (χ1v) is 7.64. The predicted octanol–water partition coefficient (Wildman–Crippen LogP) is 2.81. The zero-order chi connectivity index (χ0) is 16.4. The number of hydrogen-bond donors (Lipinski definition) is 0. The summed E-state index contributed by atoms with van der Waals surface area (Å²) in [7, 11) is 4.06. The van der Waals surface area contributed by atoms with E-state index in [2.05, 4.69) is 20.3 Å². The Hall–Kier alpha value is -2.34. The van der Waals surface area contributed by atoms with Gasteiger partial charge in [0.05, 0.1) is 0 Å². The zero-order valence-electron chi connectivity index (χ0n) is 13.6. The first kappa shape index (κ1) is 15.6. The van der Waals surface area contributed by atoms with E-state index in [1.807, 2.05) is 45.3 Å². The zero-order valence-corrected chi connectivity index (χ0v) is 13.6. The van der Waals surface area contributed by atoms with E-state index < -0.39 is 0 Å². The number of rotatable bonds is 5. The van der Waals surface area contributed by atoms with Crippen molar-refractivity contribution >= 4 is 10.8 Å². The Bertz CT molecular complexity index is 812. The molecule has 3 aromatic rings. The van der Waals surface area contributed by atoms with Crippen molar-refractivity contribution in [3.63, 3.8) is 0 Å². The van der Waals surface area contributed by atoms with E-state index in [1.165, 1.54) is 6.07 Å². The topological polar surface area (TPSA) is 46.8 Å². The molecule has 0 aliphatic carbocycles. The number of fused-ring (bicyclic) bond motifs is 1. The summed E-state index contributed by atoms with van der Waals surface area (Å²) in [5, 5.41) is 14.0. The molecule has 1 heterocycles. The standard InChI is InChI=1S/C17H20FN5/c1-12-19-21-23(20-12)17(10-11-22(2)3)15-8-9-16(18)14-7-5-4-6-13(14)15/h4-9,17H,10-11H2,1-3H3. The Morgan fingerprint density at radius 1 is 1.13 bits per heavy atom. The second kappa shape index (κ2) is 6.42. The lowest BCUT2D eigenvalue weighted by Gasteiger charge is -2.20. The summed E-state index contributed by atoms with van der Waals surface area (Å²) in [6.45, 7) is 2.69. The van der Waals surface area contributed by atoms with Gasteiger partial charge in [-0.25, -0.2) is 4.39 Å². The minimum absolute atomic E-state index is 0.0795. The molecule has 0 aliphatic heterocycles. The van der Waals surface area contributed by atoms with Gasteiger partial charge in [0.25, 0.3) is 0 Å². The van der Waals surface area contributed by atoms with Crippen LogP contribution in [0.15, 0.2) is 36.4 Å². The van der Waals surface area contributed by atoms with Crippen molar-refractivity contribution in [2.24, 2.45) is 0 Å². The number of benzene rings is 2. The van der Waals surface area contributed by atoms with Crippen molar-refractivity contribution in [3.05, 3.63) is 53.6 Å². The second-order valence-corrected chi connectivity index (χ2v) is 5.95. The maximum Gasteiger partial charge on any atom is 0.171 e. The van der Waals surface area contributed by atoms with E-state index in [9.17, 15) is 4.39 Å². The van der Waals surface area contributed by atoms with Crippen LogP contribution in [0.5, 0.6) is 0 Å². The van der Waals surface area contributed by atoms with Crippen LogP contribution in [0.1, 0.15) is 23.9 Å². The third-order valence-electron chi connectivity index (χ3n) is 3.92. The maximum atomic E-state index is 14.1. The van der Waals surface area contributed by atoms with Crippen LogP contribution in [-0.4, -0.2) is 45.7 Å². The highest BCUT2D eigenvalue weighted by molar-refractivity contribution is 5.86. The summed E-state index contributed by atoms with van der Waals surface area (Å²) < 4.78 is 14.1. The lowest BCUT2D eigenvalue weighted by Crippen LogP contribution is -2.21. The van der Waals surface area contributed by atoms with Crippen molar-refractivity contribution < 1.29 is 4.39 Å². The molecule has 6 heteroatoms. The van der Waals surface area contributed by atoms with E-state index in [1.54, 1.807) is 10.9 Å². The van der Waals surface area contributed by atoms with Gasteiger partial charge in [0, 0.05) is 5.39 Å². The molecule has 2 aromatic carbocycles. The number of hydrogen-bond acceptors (Lipinski definition) is 4. The van der Waals surface area contributed by atoms with Crippen molar-refractivity contribution in [1.82, 2.24) is 25.1 Å². The van der Waals surface area contributed by atoms with Gasteiger partial charge in [-0.1, -0.05) is 30.3 Å². The molecule has 0 bridgehead atoms. The SMILES string of the molecule is Cc1nnn(C(CCN(C)C)c2ccc(F)c3ccccc23)n1. The molecule has 1 unspecified atom stereocenters. The third-order valence-corrected chi connectivity index (χ3v) is 3.92. The lowest BCUT2D eigenvalue weighted by atomic mass is 9.96. The number of aromatic nitrogens is 4. The van der Waals surface area contributed by atoms with Crippen molar-refractivity contribution in [3.8, 4) is 0 Å². The Morgan fingerprint density at radius 2 is 1.87 bits per heavy atom. The average molecular weight is 313 g/mol. The Morgan fingerprint density at radius 3 is 2.52 bits per heavy atom. The molecule has 0 amide bonds. The molecule has 23 heavy (non-hydrogen) atoms. The molecule has 120 valence electrons. The molecule has 0 aliphatic rings. The van der Waals surface area contributed by atoms with Gasteiger partial charge in [-0.15, -0.1) is 10.2 Å². The van der Waals surface area contributed by atoms with Crippen LogP contribution in [0, 0.1) is 12.7 Å². The van der Waals surface area contributed by atoms with E-state index >= 15 is 0 Å². The molecule has 1 atom stereocenters. The molecule has 5 nitrogen and oxygen atoms in total. The van der Waals surface area contributed by atoms with Crippen LogP contribution in [0.3, 0.4) is 0 Å². The first-order valence-electron chi connectivity index (χ1n) is 7.64. The Labute approximate surface area is 134 Å². The number of tetrazole rings is 1. The summed E-state index contributed by atoms with van der Waals surface area (Å²) in [5.41, 5.74) is 1.02. The predicted molar refractivity (Wildman–Crippen MR) is 87.8 cm³/mol. The molecule has 0 N–H and O–H groups in total.